The zero-order valence-corrected chi connectivity index (χ0v) is 16.2. The molecule has 0 radical (unpaired) electrons. The molecule has 5 nitrogen and oxygen atoms in total. The van der Waals surface area contributed by atoms with Crippen molar-refractivity contribution in [3.63, 3.8) is 0 Å². The molecule has 3 heterocycles. The molecule has 0 spiro atoms. The monoisotopic (exact) mass is 366 g/mol. The van der Waals surface area contributed by atoms with Crippen molar-refractivity contribution in [3.8, 4) is 0 Å². The lowest BCUT2D eigenvalue weighted by atomic mass is 9.99. The number of aromatic nitrogens is 2. The average molecular weight is 367 g/mol. The fourth-order valence-corrected chi connectivity index (χ4v) is 4.62. The molecule has 0 bridgehead atoms. The topological polar surface area (TPSA) is 44.5 Å². The number of aliphatic hydroxyl groups is 1. The third-order valence-corrected chi connectivity index (χ3v) is 6.11. The van der Waals surface area contributed by atoms with Crippen LogP contribution in [0.4, 0.5) is 0 Å². The van der Waals surface area contributed by atoms with E-state index in [4.69, 9.17) is 0 Å². The van der Waals surface area contributed by atoms with Gasteiger partial charge in [-0.25, -0.2) is 0 Å². The van der Waals surface area contributed by atoms with E-state index in [0.717, 1.165) is 45.6 Å². The van der Waals surface area contributed by atoms with Gasteiger partial charge in [0.25, 0.3) is 0 Å². The van der Waals surface area contributed by atoms with E-state index in [1.165, 1.54) is 16.8 Å². The minimum atomic E-state index is -0.176. The van der Waals surface area contributed by atoms with Crippen LogP contribution in [0.2, 0.25) is 0 Å². The standard InChI is InChI=1S/C22H30N4O/c1-3-9-26-17(2)19(12-23-26)13-24-15-21-11-22(27)16-25(21)14-20(24)10-18-7-5-4-6-8-18/h3-8,12,20-22,27H,1,9-11,13-16H2,2H3/t20-,21-,22+/m0/s1. The predicted molar refractivity (Wildman–Crippen MR) is 107 cm³/mol. The maximum atomic E-state index is 10.1. The van der Waals surface area contributed by atoms with Gasteiger partial charge in [0.05, 0.1) is 18.8 Å². The molecule has 1 aromatic carbocycles. The molecule has 0 amide bonds. The fraction of sp³-hybridized carbons (Fsp3) is 0.500. The van der Waals surface area contributed by atoms with Crippen LogP contribution < -0.4 is 0 Å². The first-order valence-corrected chi connectivity index (χ1v) is 9.96. The van der Waals surface area contributed by atoms with Gasteiger partial charge in [-0.1, -0.05) is 36.4 Å². The van der Waals surface area contributed by atoms with Gasteiger partial charge < -0.3 is 5.11 Å². The number of benzene rings is 1. The SMILES string of the molecule is C=CCn1ncc(CN2C[C@@H]3C[C@@H](O)CN3C[C@@H]2Cc2ccccc2)c1C. The van der Waals surface area contributed by atoms with Gasteiger partial charge in [-0.05, 0) is 25.3 Å². The first-order chi connectivity index (χ1) is 13.1. The van der Waals surface area contributed by atoms with E-state index >= 15 is 0 Å². The van der Waals surface area contributed by atoms with Crippen molar-refractivity contribution in [2.24, 2.45) is 0 Å². The van der Waals surface area contributed by atoms with Crippen LogP contribution in [0.25, 0.3) is 0 Å². The Bertz CT molecular complexity index is 772. The molecule has 0 aliphatic carbocycles. The van der Waals surface area contributed by atoms with Crippen LogP contribution in [0.3, 0.4) is 0 Å². The number of piperazine rings is 1. The minimum absolute atomic E-state index is 0.176. The van der Waals surface area contributed by atoms with Crippen LogP contribution in [0.5, 0.6) is 0 Å². The lowest BCUT2D eigenvalue weighted by Gasteiger charge is -2.43. The second-order valence-corrected chi connectivity index (χ2v) is 8.00. The van der Waals surface area contributed by atoms with Gasteiger partial charge in [0, 0.05) is 49.5 Å². The highest BCUT2D eigenvalue weighted by molar-refractivity contribution is 5.19. The van der Waals surface area contributed by atoms with Crippen LogP contribution in [0.1, 0.15) is 23.2 Å². The zero-order valence-electron chi connectivity index (χ0n) is 16.2. The smallest absolute Gasteiger partial charge is 0.0682 e. The van der Waals surface area contributed by atoms with Gasteiger partial charge in [0.15, 0.2) is 0 Å². The van der Waals surface area contributed by atoms with Gasteiger partial charge in [-0.3, -0.25) is 14.5 Å². The average Bonchev–Trinajstić information content (AvgIpc) is 3.19. The molecule has 3 atom stereocenters. The molecule has 2 fully saturated rings. The third-order valence-electron chi connectivity index (χ3n) is 6.11. The van der Waals surface area contributed by atoms with E-state index in [-0.39, 0.29) is 6.10 Å². The Morgan fingerprint density at radius 3 is 2.81 bits per heavy atom. The lowest BCUT2D eigenvalue weighted by Crippen LogP contribution is -2.56. The van der Waals surface area contributed by atoms with E-state index < -0.39 is 0 Å². The van der Waals surface area contributed by atoms with Crippen molar-refractivity contribution in [1.29, 1.82) is 0 Å². The molecule has 2 saturated heterocycles. The van der Waals surface area contributed by atoms with Crippen LogP contribution in [-0.2, 0) is 19.5 Å². The highest BCUT2D eigenvalue weighted by Crippen LogP contribution is 2.28. The molecular formula is C22H30N4O. The summed E-state index contributed by atoms with van der Waals surface area (Å²) in [7, 11) is 0. The van der Waals surface area contributed by atoms with Crippen LogP contribution in [0, 0.1) is 6.92 Å². The van der Waals surface area contributed by atoms with Gasteiger partial charge in [-0.15, -0.1) is 6.58 Å². The summed E-state index contributed by atoms with van der Waals surface area (Å²) >= 11 is 0. The Morgan fingerprint density at radius 2 is 2.04 bits per heavy atom. The second-order valence-electron chi connectivity index (χ2n) is 8.00. The predicted octanol–water partition coefficient (Wildman–Crippen LogP) is 2.24. The Kier molecular flexibility index (Phi) is 5.43. The first-order valence-electron chi connectivity index (χ1n) is 9.96. The Balaban J connectivity index is 1.54. The molecule has 27 heavy (non-hydrogen) atoms. The summed E-state index contributed by atoms with van der Waals surface area (Å²) in [4.78, 5) is 5.09. The number of nitrogens with zero attached hydrogens (tertiary/aromatic N) is 4. The summed E-state index contributed by atoms with van der Waals surface area (Å²) in [6, 6.07) is 11.7. The Labute approximate surface area is 161 Å². The second kappa shape index (κ2) is 7.97. The fourth-order valence-electron chi connectivity index (χ4n) is 4.62. The molecule has 5 heteroatoms. The van der Waals surface area contributed by atoms with E-state index in [2.05, 4.69) is 58.7 Å². The summed E-state index contributed by atoms with van der Waals surface area (Å²) in [6.45, 7) is 10.5. The van der Waals surface area contributed by atoms with E-state index in [0.29, 0.717) is 12.1 Å². The minimum Gasteiger partial charge on any atom is -0.392 e. The van der Waals surface area contributed by atoms with E-state index in [1.54, 1.807) is 0 Å². The van der Waals surface area contributed by atoms with Crippen molar-refractivity contribution in [2.75, 3.05) is 19.6 Å². The van der Waals surface area contributed by atoms with Gasteiger partial charge >= 0.3 is 0 Å². The number of rotatable bonds is 6. The van der Waals surface area contributed by atoms with E-state index in [9.17, 15) is 5.11 Å². The van der Waals surface area contributed by atoms with Gasteiger partial charge in [0.2, 0.25) is 0 Å². The number of aliphatic hydroxyl groups excluding tert-OH is 1. The summed E-state index contributed by atoms with van der Waals surface area (Å²) in [5.41, 5.74) is 3.90. The van der Waals surface area contributed by atoms with Crippen molar-refractivity contribution in [2.45, 2.75) is 51.0 Å². The molecular weight excluding hydrogens is 336 g/mol. The van der Waals surface area contributed by atoms with E-state index in [1.807, 2.05) is 17.0 Å². The van der Waals surface area contributed by atoms with Gasteiger partial charge in [0.1, 0.15) is 0 Å². The quantitative estimate of drug-likeness (QED) is 0.797. The van der Waals surface area contributed by atoms with Crippen molar-refractivity contribution < 1.29 is 5.11 Å². The highest BCUT2D eigenvalue weighted by Gasteiger charge is 2.39. The van der Waals surface area contributed by atoms with Gasteiger partial charge in [-0.2, -0.15) is 5.10 Å². The molecule has 1 aromatic heterocycles. The normalized spacial score (nSPS) is 26.2. The summed E-state index contributed by atoms with van der Waals surface area (Å²) < 4.78 is 2.02. The molecule has 2 aliphatic heterocycles. The Hall–Kier alpha value is -1.95. The van der Waals surface area contributed by atoms with Crippen molar-refractivity contribution in [1.82, 2.24) is 19.6 Å². The largest absolute Gasteiger partial charge is 0.392 e. The molecule has 0 unspecified atom stereocenters. The summed E-state index contributed by atoms with van der Waals surface area (Å²) in [6.07, 6.45) is 5.66. The maximum Gasteiger partial charge on any atom is 0.0682 e. The third kappa shape index (κ3) is 4.00. The van der Waals surface area contributed by atoms with Crippen LogP contribution in [-0.4, -0.2) is 62.5 Å². The molecule has 1 N–H and O–H groups in total. The zero-order chi connectivity index (χ0) is 18.8. The number of hydrogen-bond donors (Lipinski definition) is 1. The Morgan fingerprint density at radius 1 is 1.22 bits per heavy atom. The number of fused-ring (bicyclic) bond motifs is 1. The molecule has 144 valence electrons. The number of allylic oxidation sites excluding steroid dienone is 1. The van der Waals surface area contributed by atoms with Crippen LogP contribution >= 0.6 is 0 Å². The lowest BCUT2D eigenvalue weighted by molar-refractivity contribution is 0.0443. The first kappa shape index (κ1) is 18.4. The highest BCUT2D eigenvalue weighted by atomic mass is 16.3. The number of hydrogen-bond acceptors (Lipinski definition) is 4. The summed E-state index contributed by atoms with van der Waals surface area (Å²) in [5.74, 6) is 0. The molecule has 4 rings (SSSR count). The molecule has 2 aromatic rings. The van der Waals surface area contributed by atoms with Crippen LogP contribution in [0.15, 0.2) is 49.2 Å². The van der Waals surface area contributed by atoms with Crippen molar-refractivity contribution in [3.05, 3.63) is 66.0 Å². The summed E-state index contributed by atoms with van der Waals surface area (Å²) in [5, 5.41) is 14.7. The molecule has 0 saturated carbocycles. The molecule has 2 aliphatic rings. The maximum absolute atomic E-state index is 10.1. The van der Waals surface area contributed by atoms with Crippen molar-refractivity contribution >= 4 is 0 Å².